The Morgan fingerprint density at radius 1 is 1.47 bits per heavy atom. The first-order valence-corrected chi connectivity index (χ1v) is 7.14. The smallest absolute Gasteiger partial charge is 0.241 e. The molecule has 4 heteroatoms. The second kappa shape index (κ2) is 4.91. The Hall–Kier alpha value is -0.870. The summed E-state index contributed by atoms with van der Waals surface area (Å²) in [5, 5.41) is 2.95. The van der Waals surface area contributed by atoms with Crippen molar-refractivity contribution < 1.29 is 9.53 Å². The monoisotopic (exact) mass is 266 g/mol. The van der Waals surface area contributed by atoms with E-state index in [9.17, 15) is 4.79 Å². The number of ether oxygens (including phenoxy) is 1. The molecule has 1 saturated heterocycles. The van der Waals surface area contributed by atoms with Crippen molar-refractivity contribution in [2.75, 3.05) is 13.2 Å². The van der Waals surface area contributed by atoms with Gasteiger partial charge in [-0.1, -0.05) is 25.5 Å². The van der Waals surface area contributed by atoms with Gasteiger partial charge in [0.15, 0.2) is 0 Å². The fraction of sp³-hybridized carbons (Fsp3) is 0.800. The number of rotatable bonds is 3. The van der Waals surface area contributed by atoms with Crippen LogP contribution in [0.2, 0.25) is 0 Å². The fourth-order valence-electron chi connectivity index (χ4n) is 3.53. The Labute approximate surface area is 115 Å². The van der Waals surface area contributed by atoms with Gasteiger partial charge in [-0.3, -0.25) is 4.79 Å². The van der Waals surface area contributed by atoms with Gasteiger partial charge in [-0.05, 0) is 26.7 Å². The molecular formula is C15H26N2O2. The maximum Gasteiger partial charge on any atom is 0.241 e. The van der Waals surface area contributed by atoms with Crippen LogP contribution in [0.3, 0.4) is 0 Å². The summed E-state index contributed by atoms with van der Waals surface area (Å²) in [6.45, 7) is 9.46. The third kappa shape index (κ3) is 2.11. The minimum atomic E-state index is -0.798. The molecule has 1 saturated carbocycles. The van der Waals surface area contributed by atoms with Gasteiger partial charge in [0.1, 0.15) is 5.54 Å². The zero-order chi connectivity index (χ0) is 14.3. The van der Waals surface area contributed by atoms with Crippen molar-refractivity contribution in [1.29, 1.82) is 0 Å². The molecule has 2 fully saturated rings. The molecule has 2 rings (SSSR count). The van der Waals surface area contributed by atoms with E-state index in [2.05, 4.69) is 5.32 Å². The lowest BCUT2D eigenvalue weighted by molar-refractivity contribution is -0.225. The highest BCUT2D eigenvalue weighted by Gasteiger charge is 2.70. The molecule has 0 radical (unpaired) electrons. The van der Waals surface area contributed by atoms with E-state index in [-0.39, 0.29) is 23.3 Å². The third-order valence-corrected chi connectivity index (χ3v) is 4.83. The first kappa shape index (κ1) is 14.5. The Morgan fingerprint density at radius 3 is 2.79 bits per heavy atom. The lowest BCUT2D eigenvalue weighted by Crippen LogP contribution is -2.82. The molecule has 2 aliphatic rings. The van der Waals surface area contributed by atoms with Gasteiger partial charge in [-0.25, -0.2) is 0 Å². The van der Waals surface area contributed by atoms with E-state index < -0.39 is 5.54 Å². The molecule has 3 unspecified atom stereocenters. The zero-order valence-electron chi connectivity index (χ0n) is 12.5. The van der Waals surface area contributed by atoms with Crippen LogP contribution in [0.15, 0.2) is 11.6 Å². The van der Waals surface area contributed by atoms with Crippen LogP contribution in [0, 0.1) is 11.3 Å². The number of hydrogen-bond acceptors (Lipinski definition) is 3. The molecular weight excluding hydrogens is 240 g/mol. The molecule has 1 aliphatic heterocycles. The minimum absolute atomic E-state index is 0.0400. The second-order valence-corrected chi connectivity index (χ2v) is 6.62. The van der Waals surface area contributed by atoms with Crippen LogP contribution in [0.5, 0.6) is 0 Å². The lowest BCUT2D eigenvalue weighted by atomic mass is 9.46. The molecule has 0 bridgehead atoms. The quantitative estimate of drug-likeness (QED) is 0.763. The topological polar surface area (TPSA) is 64.4 Å². The Morgan fingerprint density at radius 2 is 2.16 bits per heavy atom. The lowest BCUT2D eigenvalue weighted by Gasteiger charge is -2.65. The summed E-state index contributed by atoms with van der Waals surface area (Å²) in [5.41, 5.74) is 6.58. The van der Waals surface area contributed by atoms with Gasteiger partial charge >= 0.3 is 0 Å². The van der Waals surface area contributed by atoms with E-state index in [0.29, 0.717) is 6.54 Å². The van der Waals surface area contributed by atoms with Gasteiger partial charge in [0.05, 0.1) is 6.10 Å². The number of amides is 1. The van der Waals surface area contributed by atoms with E-state index in [1.165, 1.54) is 5.57 Å². The van der Waals surface area contributed by atoms with E-state index in [0.717, 1.165) is 19.4 Å². The number of nitrogens with one attached hydrogen (secondary N) is 1. The standard InChI is InChI=1S/C15H26N2O2/c1-10(2)7-8-17-13(18)15(16)11-6-5-9-19-12(11)14(15,3)4/h7,11-12H,5-6,8-9,16H2,1-4H3,(H,17,18). The molecule has 0 aromatic carbocycles. The molecule has 3 atom stereocenters. The van der Waals surface area contributed by atoms with Crippen LogP contribution >= 0.6 is 0 Å². The first-order chi connectivity index (χ1) is 8.81. The molecule has 1 heterocycles. The van der Waals surface area contributed by atoms with Crippen molar-refractivity contribution in [3.05, 3.63) is 11.6 Å². The summed E-state index contributed by atoms with van der Waals surface area (Å²) in [6.07, 6.45) is 4.11. The van der Waals surface area contributed by atoms with Gasteiger partial charge in [-0.15, -0.1) is 0 Å². The van der Waals surface area contributed by atoms with E-state index in [1.54, 1.807) is 0 Å². The fourth-order valence-corrected chi connectivity index (χ4v) is 3.53. The van der Waals surface area contributed by atoms with E-state index >= 15 is 0 Å². The van der Waals surface area contributed by atoms with Crippen LogP contribution < -0.4 is 11.1 Å². The van der Waals surface area contributed by atoms with E-state index in [1.807, 2.05) is 33.8 Å². The first-order valence-electron chi connectivity index (χ1n) is 7.14. The number of carbonyl (C=O) groups excluding carboxylic acids is 1. The highest BCUT2D eigenvalue weighted by molar-refractivity contribution is 5.89. The maximum absolute atomic E-state index is 12.5. The van der Waals surface area contributed by atoms with Crippen molar-refractivity contribution in [1.82, 2.24) is 5.32 Å². The van der Waals surface area contributed by atoms with Gasteiger partial charge in [0.25, 0.3) is 0 Å². The van der Waals surface area contributed by atoms with Crippen molar-refractivity contribution in [3.8, 4) is 0 Å². The number of fused-ring (bicyclic) bond motifs is 1. The van der Waals surface area contributed by atoms with Gasteiger partial charge in [0, 0.05) is 24.5 Å². The summed E-state index contributed by atoms with van der Waals surface area (Å²) in [7, 11) is 0. The molecule has 19 heavy (non-hydrogen) atoms. The SMILES string of the molecule is CC(C)=CCNC(=O)C1(N)C2CCCOC2C1(C)C. The van der Waals surface area contributed by atoms with Crippen LogP contribution in [0.4, 0.5) is 0 Å². The second-order valence-electron chi connectivity index (χ2n) is 6.62. The number of carbonyl (C=O) groups is 1. The van der Waals surface area contributed by atoms with Crippen molar-refractivity contribution in [2.24, 2.45) is 17.1 Å². The summed E-state index contributed by atoms with van der Waals surface area (Å²) in [4.78, 5) is 12.5. The summed E-state index contributed by atoms with van der Waals surface area (Å²) < 4.78 is 5.81. The van der Waals surface area contributed by atoms with Crippen LogP contribution in [0.1, 0.15) is 40.5 Å². The normalized spacial score (nSPS) is 35.8. The predicted molar refractivity (Wildman–Crippen MR) is 75.6 cm³/mol. The highest BCUT2D eigenvalue weighted by atomic mass is 16.5. The molecule has 3 N–H and O–H groups in total. The largest absolute Gasteiger partial charge is 0.377 e. The van der Waals surface area contributed by atoms with Crippen LogP contribution in [-0.2, 0) is 9.53 Å². The number of hydrogen-bond donors (Lipinski definition) is 2. The molecule has 1 amide bonds. The predicted octanol–water partition coefficient (Wildman–Crippen LogP) is 1.60. The molecule has 0 spiro atoms. The summed E-state index contributed by atoms with van der Waals surface area (Å²) >= 11 is 0. The molecule has 1 aliphatic carbocycles. The molecule has 0 aromatic rings. The number of allylic oxidation sites excluding steroid dienone is 1. The Balaban J connectivity index is 2.08. The number of nitrogens with two attached hydrogens (primary N) is 1. The van der Waals surface area contributed by atoms with Crippen LogP contribution in [-0.4, -0.2) is 30.7 Å². The summed E-state index contributed by atoms with van der Waals surface area (Å²) in [6, 6.07) is 0. The maximum atomic E-state index is 12.5. The Bertz CT molecular complexity index is 399. The zero-order valence-corrected chi connectivity index (χ0v) is 12.5. The molecule has 108 valence electrons. The van der Waals surface area contributed by atoms with Gasteiger partial charge < -0.3 is 15.8 Å². The molecule has 4 nitrogen and oxygen atoms in total. The molecule has 0 aromatic heterocycles. The van der Waals surface area contributed by atoms with Crippen LogP contribution in [0.25, 0.3) is 0 Å². The van der Waals surface area contributed by atoms with Gasteiger partial charge in [-0.2, -0.15) is 0 Å². The third-order valence-electron chi connectivity index (χ3n) is 4.83. The average Bonchev–Trinajstić information content (AvgIpc) is 2.37. The van der Waals surface area contributed by atoms with Gasteiger partial charge in [0.2, 0.25) is 5.91 Å². The van der Waals surface area contributed by atoms with Crippen molar-refractivity contribution in [3.63, 3.8) is 0 Å². The van der Waals surface area contributed by atoms with Crippen molar-refractivity contribution >= 4 is 5.91 Å². The minimum Gasteiger partial charge on any atom is -0.377 e. The van der Waals surface area contributed by atoms with E-state index in [4.69, 9.17) is 10.5 Å². The average molecular weight is 266 g/mol. The summed E-state index contributed by atoms with van der Waals surface area (Å²) in [5.74, 6) is 0.115. The Kier molecular flexibility index (Phi) is 3.76. The highest BCUT2D eigenvalue weighted by Crippen LogP contribution is 2.57. The van der Waals surface area contributed by atoms with Crippen molar-refractivity contribution in [2.45, 2.75) is 52.2 Å².